The van der Waals surface area contributed by atoms with E-state index >= 15 is 0 Å². The first-order valence-corrected chi connectivity index (χ1v) is 10.4. The van der Waals surface area contributed by atoms with Crippen LogP contribution in [0.5, 0.6) is 23.0 Å². The van der Waals surface area contributed by atoms with Crippen molar-refractivity contribution in [2.45, 2.75) is 0 Å². The Balaban J connectivity index is 1.67. The molecule has 0 radical (unpaired) electrons. The van der Waals surface area contributed by atoms with Crippen LogP contribution in [-0.2, 0) is 4.79 Å². The van der Waals surface area contributed by atoms with Crippen molar-refractivity contribution < 1.29 is 33.0 Å². The molecule has 2 amide bonds. The Morgan fingerprint density at radius 1 is 0.882 bits per heavy atom. The van der Waals surface area contributed by atoms with E-state index in [0.717, 1.165) is 0 Å². The zero-order valence-corrected chi connectivity index (χ0v) is 19.1. The van der Waals surface area contributed by atoms with Gasteiger partial charge in [0.25, 0.3) is 11.8 Å². The lowest BCUT2D eigenvalue weighted by Crippen LogP contribution is -2.36. The van der Waals surface area contributed by atoms with E-state index < -0.39 is 11.8 Å². The van der Waals surface area contributed by atoms with Gasteiger partial charge in [-0.2, -0.15) is 0 Å². The minimum Gasteiger partial charge on any atom is -0.493 e. The Morgan fingerprint density at radius 2 is 1.59 bits per heavy atom. The summed E-state index contributed by atoms with van der Waals surface area (Å²) in [4.78, 5) is 25.7. The molecule has 1 aromatic heterocycles. The Hall–Kier alpha value is -4.40. The summed E-state index contributed by atoms with van der Waals surface area (Å²) in [7, 11) is 4.53. The average Bonchev–Trinajstić information content (AvgIpc) is 3.39. The number of rotatable bonds is 11. The van der Waals surface area contributed by atoms with Gasteiger partial charge in [0.1, 0.15) is 18.1 Å². The van der Waals surface area contributed by atoms with Gasteiger partial charge < -0.3 is 34.0 Å². The number of methoxy groups -OCH3 is 3. The molecule has 1 heterocycles. The van der Waals surface area contributed by atoms with Gasteiger partial charge >= 0.3 is 0 Å². The third-order valence-corrected chi connectivity index (χ3v) is 4.68. The van der Waals surface area contributed by atoms with Crippen molar-refractivity contribution in [2.24, 2.45) is 0 Å². The zero-order chi connectivity index (χ0) is 24.3. The molecule has 9 heteroatoms. The van der Waals surface area contributed by atoms with Gasteiger partial charge in [-0.25, -0.2) is 0 Å². The second-order valence-electron chi connectivity index (χ2n) is 6.85. The molecule has 3 aromatic rings. The number of nitrogens with one attached hydrogen (secondary N) is 2. The first-order chi connectivity index (χ1) is 16.5. The van der Waals surface area contributed by atoms with E-state index in [9.17, 15) is 9.59 Å². The number of hydrogen-bond acceptors (Lipinski definition) is 7. The van der Waals surface area contributed by atoms with Crippen LogP contribution in [0.2, 0.25) is 0 Å². The molecule has 0 fully saturated rings. The lowest BCUT2D eigenvalue weighted by atomic mass is 10.1. The molecule has 178 valence electrons. The highest BCUT2D eigenvalue weighted by molar-refractivity contribution is 6.05. The molecule has 0 saturated carbocycles. The molecule has 0 atom stereocenters. The van der Waals surface area contributed by atoms with Crippen LogP contribution in [-0.4, -0.2) is 46.3 Å². The van der Waals surface area contributed by atoms with Gasteiger partial charge in [-0.05, 0) is 42.5 Å². The Morgan fingerprint density at radius 3 is 2.26 bits per heavy atom. The Labute approximate surface area is 197 Å². The highest BCUT2D eigenvalue weighted by Crippen LogP contribution is 2.28. The molecule has 0 aliphatic carbocycles. The predicted molar refractivity (Wildman–Crippen MR) is 125 cm³/mol. The normalized spacial score (nSPS) is 10.9. The van der Waals surface area contributed by atoms with Crippen LogP contribution in [0.3, 0.4) is 0 Å². The number of benzene rings is 2. The number of carbonyl (C=O) groups is 2. The van der Waals surface area contributed by atoms with Crippen molar-refractivity contribution in [3.05, 3.63) is 77.9 Å². The van der Waals surface area contributed by atoms with Crippen LogP contribution < -0.4 is 29.6 Å². The highest BCUT2D eigenvalue weighted by atomic mass is 16.5. The van der Waals surface area contributed by atoms with E-state index in [1.54, 1.807) is 43.5 Å². The van der Waals surface area contributed by atoms with Crippen LogP contribution in [0.15, 0.2) is 71.0 Å². The van der Waals surface area contributed by atoms with Crippen molar-refractivity contribution in [3.8, 4) is 23.0 Å². The quantitative estimate of drug-likeness (QED) is 0.330. The number of para-hydroxylation sites is 2. The maximum absolute atomic E-state index is 12.8. The van der Waals surface area contributed by atoms with Gasteiger partial charge in [0.15, 0.2) is 23.0 Å². The number of carbonyl (C=O) groups excluding carboxylic acids is 2. The Kier molecular flexibility index (Phi) is 8.56. The standard InChI is InChI=1S/C25H26N2O7/c1-30-20-8-4-5-9-22(20)34-14-12-26-25(29)19(16-18-7-6-13-33-18)27-24(28)17-10-11-21(31-2)23(15-17)32-3/h4-11,13,15-16H,12,14H2,1-3H3,(H,26,29)(H,27,28)/b19-16-. The van der Waals surface area contributed by atoms with Crippen LogP contribution in [0, 0.1) is 0 Å². The van der Waals surface area contributed by atoms with E-state index in [2.05, 4.69) is 10.6 Å². The topological polar surface area (TPSA) is 108 Å². The van der Waals surface area contributed by atoms with Crippen LogP contribution in [0.25, 0.3) is 6.08 Å². The average molecular weight is 466 g/mol. The van der Waals surface area contributed by atoms with Gasteiger partial charge in [0.2, 0.25) is 0 Å². The fourth-order valence-electron chi connectivity index (χ4n) is 3.00. The molecule has 2 N–H and O–H groups in total. The second kappa shape index (κ2) is 12.0. The lowest BCUT2D eigenvalue weighted by molar-refractivity contribution is -0.117. The summed E-state index contributed by atoms with van der Waals surface area (Å²) in [6.45, 7) is 0.391. The maximum Gasteiger partial charge on any atom is 0.268 e. The van der Waals surface area contributed by atoms with E-state index in [1.165, 1.54) is 32.6 Å². The first-order valence-electron chi connectivity index (χ1n) is 10.4. The summed E-state index contributed by atoms with van der Waals surface area (Å²) in [5.41, 5.74) is 0.294. The molecule has 0 aliphatic rings. The first kappa shape index (κ1) is 24.2. The molecule has 2 aromatic carbocycles. The van der Waals surface area contributed by atoms with Gasteiger partial charge in [-0.1, -0.05) is 12.1 Å². The second-order valence-corrected chi connectivity index (χ2v) is 6.85. The molecule has 34 heavy (non-hydrogen) atoms. The summed E-state index contributed by atoms with van der Waals surface area (Å²) in [5.74, 6) is 1.43. The number of furan rings is 1. The summed E-state index contributed by atoms with van der Waals surface area (Å²) in [6.07, 6.45) is 2.91. The van der Waals surface area contributed by atoms with Crippen molar-refractivity contribution in [2.75, 3.05) is 34.5 Å². The Bertz CT molecular complexity index is 1140. The zero-order valence-electron chi connectivity index (χ0n) is 19.1. The number of ether oxygens (including phenoxy) is 4. The molecule has 9 nitrogen and oxygen atoms in total. The highest BCUT2D eigenvalue weighted by Gasteiger charge is 2.17. The fraction of sp³-hybridized carbons (Fsp3) is 0.200. The van der Waals surface area contributed by atoms with Gasteiger partial charge in [0, 0.05) is 11.6 Å². The van der Waals surface area contributed by atoms with Gasteiger partial charge in [-0.3, -0.25) is 9.59 Å². The van der Waals surface area contributed by atoms with Crippen molar-refractivity contribution in [3.63, 3.8) is 0 Å². The van der Waals surface area contributed by atoms with E-state index in [1.807, 2.05) is 12.1 Å². The molecule has 3 rings (SSSR count). The van der Waals surface area contributed by atoms with Crippen molar-refractivity contribution >= 4 is 17.9 Å². The minimum atomic E-state index is -0.506. The number of hydrogen-bond donors (Lipinski definition) is 2. The smallest absolute Gasteiger partial charge is 0.268 e. The largest absolute Gasteiger partial charge is 0.493 e. The number of amides is 2. The molecular formula is C25H26N2O7. The lowest BCUT2D eigenvalue weighted by Gasteiger charge is -2.13. The minimum absolute atomic E-state index is 0.00651. The molecular weight excluding hydrogens is 440 g/mol. The van der Waals surface area contributed by atoms with Crippen LogP contribution >= 0.6 is 0 Å². The SMILES string of the molecule is COc1ccc(C(=O)N/C(=C\c2ccco2)C(=O)NCCOc2ccccc2OC)cc1OC. The third-order valence-electron chi connectivity index (χ3n) is 4.68. The molecule has 0 unspecified atom stereocenters. The van der Waals surface area contributed by atoms with Crippen LogP contribution in [0.4, 0.5) is 0 Å². The van der Waals surface area contributed by atoms with E-state index in [-0.39, 0.29) is 24.4 Å². The summed E-state index contributed by atoms with van der Waals surface area (Å²) in [5, 5.41) is 5.36. The monoisotopic (exact) mass is 466 g/mol. The fourth-order valence-corrected chi connectivity index (χ4v) is 3.00. The summed E-state index contributed by atoms with van der Waals surface area (Å²) >= 11 is 0. The molecule has 0 saturated heterocycles. The molecule has 0 spiro atoms. The third kappa shape index (κ3) is 6.32. The van der Waals surface area contributed by atoms with Crippen LogP contribution in [0.1, 0.15) is 16.1 Å². The maximum atomic E-state index is 12.8. The van der Waals surface area contributed by atoms with E-state index in [4.69, 9.17) is 23.4 Å². The van der Waals surface area contributed by atoms with Crippen molar-refractivity contribution in [1.82, 2.24) is 10.6 Å². The van der Waals surface area contributed by atoms with Gasteiger partial charge in [0.05, 0.1) is 34.1 Å². The summed E-state index contributed by atoms with van der Waals surface area (Å²) in [6, 6.07) is 15.3. The molecule has 0 bridgehead atoms. The summed E-state index contributed by atoms with van der Waals surface area (Å²) < 4.78 is 26.7. The van der Waals surface area contributed by atoms with E-state index in [0.29, 0.717) is 28.8 Å². The predicted octanol–water partition coefficient (Wildman–Crippen LogP) is 3.27. The molecule has 0 aliphatic heterocycles. The van der Waals surface area contributed by atoms with Crippen molar-refractivity contribution in [1.29, 1.82) is 0 Å². The van der Waals surface area contributed by atoms with Gasteiger partial charge in [-0.15, -0.1) is 0 Å².